The van der Waals surface area contributed by atoms with Crippen LogP contribution in [0.1, 0.15) is 20.3 Å². The van der Waals surface area contributed by atoms with Gasteiger partial charge in [0.2, 0.25) is 0 Å². The van der Waals surface area contributed by atoms with Crippen LogP contribution in [0, 0.1) is 0 Å². The first-order chi connectivity index (χ1) is 6.82. The van der Waals surface area contributed by atoms with Crippen molar-refractivity contribution in [3.8, 4) is 0 Å². The molecule has 0 fully saturated rings. The minimum absolute atomic E-state index is 0.522. The van der Waals surface area contributed by atoms with Gasteiger partial charge in [-0.15, -0.1) is 0 Å². The molecule has 7 nitrogen and oxygen atoms in total. The lowest BCUT2D eigenvalue weighted by Gasteiger charge is -2.07. The zero-order valence-electron chi connectivity index (χ0n) is 8.31. The fourth-order valence-electron chi connectivity index (χ4n) is 0.682. The van der Waals surface area contributed by atoms with Crippen LogP contribution in [0.5, 0.6) is 0 Å². The molecule has 0 aromatic rings. The molecule has 0 aliphatic carbocycles. The van der Waals surface area contributed by atoms with Crippen LogP contribution in [0.15, 0.2) is 0 Å². The van der Waals surface area contributed by atoms with E-state index in [4.69, 9.17) is 5.73 Å². The number of esters is 4. The minimum atomic E-state index is -1.32. The normalized spacial score (nSPS) is 11.4. The van der Waals surface area contributed by atoms with Crippen LogP contribution < -0.4 is 5.73 Å². The van der Waals surface area contributed by atoms with E-state index >= 15 is 0 Å². The molecule has 0 aromatic heterocycles. The zero-order chi connectivity index (χ0) is 12.0. The fourth-order valence-corrected chi connectivity index (χ4v) is 0.682. The fraction of sp³-hybridized carbons (Fsp3) is 0.500. The van der Waals surface area contributed by atoms with E-state index in [0.717, 1.165) is 13.8 Å². The standard InChI is InChI=1S/C8H11NO6/c1-4(10)14-7(12)3-6(9)8(13)15-5(2)11/h6H,3,9H2,1-2H3/t6-/m0/s1. The van der Waals surface area contributed by atoms with E-state index in [1.54, 1.807) is 0 Å². The molecule has 0 unspecified atom stereocenters. The van der Waals surface area contributed by atoms with Crippen molar-refractivity contribution in [2.24, 2.45) is 5.73 Å². The summed E-state index contributed by atoms with van der Waals surface area (Å²) < 4.78 is 8.25. The summed E-state index contributed by atoms with van der Waals surface area (Å²) in [6.45, 7) is 2.07. The van der Waals surface area contributed by atoms with Gasteiger partial charge in [-0.1, -0.05) is 0 Å². The number of hydrogen-bond acceptors (Lipinski definition) is 7. The minimum Gasteiger partial charge on any atom is -0.393 e. The summed E-state index contributed by atoms with van der Waals surface area (Å²) in [6, 6.07) is -1.32. The van der Waals surface area contributed by atoms with E-state index < -0.39 is 36.3 Å². The van der Waals surface area contributed by atoms with Crippen LogP contribution in [0.25, 0.3) is 0 Å². The first-order valence-corrected chi connectivity index (χ1v) is 4.02. The molecule has 84 valence electrons. The molecule has 15 heavy (non-hydrogen) atoms. The Kier molecular flexibility index (Phi) is 5.18. The first-order valence-electron chi connectivity index (χ1n) is 4.02. The van der Waals surface area contributed by atoms with Gasteiger partial charge in [-0.05, 0) is 0 Å². The Morgan fingerprint density at radius 3 is 1.93 bits per heavy atom. The summed E-state index contributed by atoms with van der Waals surface area (Å²) >= 11 is 0. The molecule has 0 bridgehead atoms. The highest BCUT2D eigenvalue weighted by molar-refractivity contribution is 5.91. The van der Waals surface area contributed by atoms with Crippen LogP contribution in [-0.4, -0.2) is 29.9 Å². The quantitative estimate of drug-likeness (QED) is 0.470. The van der Waals surface area contributed by atoms with Crippen LogP contribution in [-0.2, 0) is 28.7 Å². The molecule has 0 saturated carbocycles. The zero-order valence-corrected chi connectivity index (χ0v) is 8.31. The Hall–Kier alpha value is -1.76. The lowest BCUT2D eigenvalue weighted by atomic mass is 10.2. The van der Waals surface area contributed by atoms with E-state index in [1.165, 1.54) is 0 Å². The van der Waals surface area contributed by atoms with Gasteiger partial charge in [-0.25, -0.2) is 4.79 Å². The molecule has 2 N–H and O–H groups in total. The van der Waals surface area contributed by atoms with Gasteiger partial charge in [-0.3, -0.25) is 14.4 Å². The van der Waals surface area contributed by atoms with Crippen molar-refractivity contribution in [1.29, 1.82) is 0 Å². The highest BCUT2D eigenvalue weighted by atomic mass is 16.6. The Morgan fingerprint density at radius 2 is 1.53 bits per heavy atom. The molecular weight excluding hydrogens is 206 g/mol. The van der Waals surface area contributed by atoms with E-state index in [0.29, 0.717) is 0 Å². The molecular formula is C8H11NO6. The van der Waals surface area contributed by atoms with E-state index in [9.17, 15) is 19.2 Å². The molecule has 0 saturated heterocycles. The molecule has 0 radical (unpaired) electrons. The molecule has 0 aromatic carbocycles. The SMILES string of the molecule is CC(=O)OC(=O)C[C@H](N)C(=O)OC(C)=O. The lowest BCUT2D eigenvalue weighted by Crippen LogP contribution is -2.36. The number of carbonyl (C=O) groups is 4. The number of rotatable bonds is 3. The maximum Gasteiger partial charge on any atom is 0.331 e. The summed E-state index contributed by atoms with van der Waals surface area (Å²) in [5.74, 6) is -3.61. The second-order valence-electron chi connectivity index (χ2n) is 2.69. The molecule has 0 aliphatic rings. The highest BCUT2D eigenvalue weighted by Crippen LogP contribution is 1.96. The van der Waals surface area contributed by atoms with Gasteiger partial charge in [0.15, 0.2) is 0 Å². The Balaban J connectivity index is 4.07. The largest absolute Gasteiger partial charge is 0.393 e. The Morgan fingerprint density at radius 1 is 1.07 bits per heavy atom. The molecule has 0 aliphatic heterocycles. The third-order valence-electron chi connectivity index (χ3n) is 1.19. The molecule has 0 rings (SSSR count). The number of ether oxygens (including phenoxy) is 2. The average molecular weight is 217 g/mol. The second kappa shape index (κ2) is 5.86. The monoisotopic (exact) mass is 217 g/mol. The van der Waals surface area contributed by atoms with Crippen molar-refractivity contribution in [3.05, 3.63) is 0 Å². The molecule has 0 heterocycles. The summed E-state index contributed by atoms with van der Waals surface area (Å²) in [6.07, 6.45) is -0.522. The highest BCUT2D eigenvalue weighted by Gasteiger charge is 2.21. The van der Waals surface area contributed by atoms with Gasteiger partial charge in [0.1, 0.15) is 6.04 Å². The first kappa shape index (κ1) is 13.2. The van der Waals surface area contributed by atoms with Crippen molar-refractivity contribution < 1.29 is 28.7 Å². The Bertz CT molecular complexity index is 298. The molecule has 0 spiro atoms. The lowest BCUT2D eigenvalue weighted by molar-refractivity contribution is -0.164. The van der Waals surface area contributed by atoms with Gasteiger partial charge in [0.25, 0.3) is 0 Å². The number of hydrogen-bond donors (Lipinski definition) is 1. The van der Waals surface area contributed by atoms with Crippen molar-refractivity contribution in [2.45, 2.75) is 26.3 Å². The maximum absolute atomic E-state index is 10.9. The second-order valence-corrected chi connectivity index (χ2v) is 2.69. The van der Waals surface area contributed by atoms with E-state index in [1.807, 2.05) is 0 Å². The van der Waals surface area contributed by atoms with E-state index in [-0.39, 0.29) is 0 Å². The molecule has 7 heteroatoms. The van der Waals surface area contributed by atoms with Gasteiger partial charge in [-0.2, -0.15) is 0 Å². The van der Waals surface area contributed by atoms with Gasteiger partial charge < -0.3 is 15.2 Å². The third-order valence-corrected chi connectivity index (χ3v) is 1.19. The summed E-state index contributed by atoms with van der Waals surface area (Å²) in [5.41, 5.74) is 5.20. The van der Waals surface area contributed by atoms with Crippen LogP contribution in [0.4, 0.5) is 0 Å². The number of nitrogens with two attached hydrogens (primary N) is 1. The van der Waals surface area contributed by atoms with Crippen molar-refractivity contribution in [3.63, 3.8) is 0 Å². The topological polar surface area (TPSA) is 113 Å². The van der Waals surface area contributed by atoms with Crippen LogP contribution in [0.3, 0.4) is 0 Å². The van der Waals surface area contributed by atoms with Crippen molar-refractivity contribution >= 4 is 23.9 Å². The summed E-state index contributed by atoms with van der Waals surface area (Å²) in [4.78, 5) is 42.4. The molecule has 1 atom stereocenters. The smallest absolute Gasteiger partial charge is 0.331 e. The predicted molar refractivity (Wildman–Crippen MR) is 46.1 cm³/mol. The van der Waals surface area contributed by atoms with Gasteiger partial charge in [0.05, 0.1) is 6.42 Å². The van der Waals surface area contributed by atoms with Gasteiger partial charge in [0, 0.05) is 13.8 Å². The summed E-state index contributed by atoms with van der Waals surface area (Å²) in [7, 11) is 0. The average Bonchev–Trinajstić information content (AvgIpc) is 2.00. The van der Waals surface area contributed by atoms with Gasteiger partial charge >= 0.3 is 23.9 Å². The Labute approximate surface area is 85.5 Å². The van der Waals surface area contributed by atoms with E-state index in [2.05, 4.69) is 9.47 Å². The summed E-state index contributed by atoms with van der Waals surface area (Å²) in [5, 5.41) is 0. The maximum atomic E-state index is 10.9. The van der Waals surface area contributed by atoms with Crippen LogP contribution >= 0.6 is 0 Å². The van der Waals surface area contributed by atoms with Crippen molar-refractivity contribution in [1.82, 2.24) is 0 Å². The molecule has 0 amide bonds. The van der Waals surface area contributed by atoms with Crippen molar-refractivity contribution in [2.75, 3.05) is 0 Å². The van der Waals surface area contributed by atoms with Crippen LogP contribution in [0.2, 0.25) is 0 Å². The third kappa shape index (κ3) is 6.33. The predicted octanol–water partition coefficient (Wildman–Crippen LogP) is -1.12. The number of carbonyl (C=O) groups excluding carboxylic acids is 4.